The van der Waals surface area contributed by atoms with Crippen LogP contribution in [-0.2, 0) is 18.9 Å². The number of aryl methyl sites for hydroxylation is 1. The zero-order chi connectivity index (χ0) is 15.7. The molecular weight excluding hydrogens is 276 g/mol. The maximum absolute atomic E-state index is 12.4. The summed E-state index contributed by atoms with van der Waals surface area (Å²) in [6.07, 6.45) is 1.27. The molecule has 0 unspecified atom stereocenters. The fraction of sp³-hybridized carbons (Fsp3) is 0.538. The van der Waals surface area contributed by atoms with Crippen LogP contribution in [0.4, 0.5) is 0 Å². The van der Waals surface area contributed by atoms with Crippen LogP contribution in [0.5, 0.6) is 0 Å². The molecule has 2 rings (SSSR count). The lowest BCUT2D eigenvalue weighted by molar-refractivity contribution is -0.130. The van der Waals surface area contributed by atoms with Crippen molar-refractivity contribution in [1.29, 1.82) is 0 Å². The van der Waals surface area contributed by atoms with Gasteiger partial charge >= 0.3 is 5.69 Å². The molecule has 0 aromatic carbocycles. The van der Waals surface area contributed by atoms with Gasteiger partial charge in [0.2, 0.25) is 5.91 Å². The molecule has 0 spiro atoms. The van der Waals surface area contributed by atoms with E-state index in [9.17, 15) is 19.2 Å². The van der Waals surface area contributed by atoms with Gasteiger partial charge in [0.1, 0.15) is 5.56 Å². The predicted octanol–water partition coefficient (Wildman–Crippen LogP) is -1.61. The minimum Gasteiger partial charge on any atom is -0.339 e. The summed E-state index contributed by atoms with van der Waals surface area (Å²) >= 11 is 0. The lowest BCUT2D eigenvalue weighted by Gasteiger charge is -2.34. The molecule has 1 saturated heterocycles. The highest BCUT2D eigenvalue weighted by Gasteiger charge is 2.25. The number of carbonyl (C=O) groups is 2. The van der Waals surface area contributed by atoms with Crippen LogP contribution < -0.4 is 11.2 Å². The highest BCUT2D eigenvalue weighted by molar-refractivity contribution is 5.93. The van der Waals surface area contributed by atoms with Gasteiger partial charge in [-0.2, -0.15) is 0 Å². The van der Waals surface area contributed by atoms with Gasteiger partial charge in [-0.1, -0.05) is 0 Å². The Morgan fingerprint density at radius 1 is 1.00 bits per heavy atom. The predicted molar refractivity (Wildman–Crippen MR) is 75.1 cm³/mol. The lowest BCUT2D eigenvalue weighted by atomic mass is 10.2. The molecule has 8 nitrogen and oxygen atoms in total. The molecule has 8 heteroatoms. The zero-order valence-corrected chi connectivity index (χ0v) is 12.3. The third-order valence-electron chi connectivity index (χ3n) is 3.69. The van der Waals surface area contributed by atoms with E-state index in [1.807, 2.05) is 0 Å². The Morgan fingerprint density at radius 3 is 2.05 bits per heavy atom. The molecule has 1 aliphatic rings. The van der Waals surface area contributed by atoms with Gasteiger partial charge in [-0.25, -0.2) is 4.79 Å². The molecule has 2 amide bonds. The minimum atomic E-state index is -0.600. The van der Waals surface area contributed by atoms with Crippen LogP contribution >= 0.6 is 0 Å². The Morgan fingerprint density at radius 2 is 1.52 bits per heavy atom. The van der Waals surface area contributed by atoms with Crippen molar-refractivity contribution in [3.8, 4) is 0 Å². The molecule has 0 atom stereocenters. The summed E-state index contributed by atoms with van der Waals surface area (Å²) in [4.78, 5) is 50.5. The van der Waals surface area contributed by atoms with E-state index in [0.717, 1.165) is 4.57 Å². The lowest BCUT2D eigenvalue weighted by Crippen LogP contribution is -2.51. The second-order valence-corrected chi connectivity index (χ2v) is 5.10. The SMILES string of the molecule is CC(=O)N1CCN(C(=O)c2cn(C)c(=O)n(C)c2=O)CC1. The van der Waals surface area contributed by atoms with Crippen LogP contribution in [0.25, 0.3) is 0 Å². The molecule has 2 heterocycles. The largest absolute Gasteiger partial charge is 0.339 e. The normalized spacial score (nSPS) is 15.2. The van der Waals surface area contributed by atoms with Gasteiger partial charge in [-0.3, -0.25) is 19.0 Å². The maximum Gasteiger partial charge on any atom is 0.330 e. The Kier molecular flexibility index (Phi) is 3.97. The molecule has 0 bridgehead atoms. The van der Waals surface area contributed by atoms with Crippen LogP contribution in [0.1, 0.15) is 17.3 Å². The minimum absolute atomic E-state index is 0.0277. The number of rotatable bonds is 1. The average molecular weight is 294 g/mol. The summed E-state index contributed by atoms with van der Waals surface area (Å²) in [6, 6.07) is 0. The van der Waals surface area contributed by atoms with E-state index in [1.54, 1.807) is 4.90 Å². The van der Waals surface area contributed by atoms with Crippen molar-refractivity contribution in [3.63, 3.8) is 0 Å². The van der Waals surface area contributed by atoms with Crippen molar-refractivity contribution < 1.29 is 9.59 Å². The van der Waals surface area contributed by atoms with Crippen LogP contribution in [0.2, 0.25) is 0 Å². The standard InChI is InChI=1S/C13H18N4O4/c1-9(18)16-4-6-17(7-5-16)12(20)10-8-14(2)13(21)15(3)11(10)19/h8H,4-7H2,1-3H3. The highest BCUT2D eigenvalue weighted by atomic mass is 16.2. The third kappa shape index (κ3) is 2.74. The number of nitrogens with zero attached hydrogens (tertiary/aromatic N) is 4. The second-order valence-electron chi connectivity index (χ2n) is 5.10. The summed E-state index contributed by atoms with van der Waals surface area (Å²) in [5.41, 5.74) is -1.11. The number of amides is 2. The number of piperazine rings is 1. The van der Waals surface area contributed by atoms with E-state index >= 15 is 0 Å². The van der Waals surface area contributed by atoms with Crippen molar-refractivity contribution >= 4 is 11.8 Å². The molecule has 1 aliphatic heterocycles. The third-order valence-corrected chi connectivity index (χ3v) is 3.69. The van der Waals surface area contributed by atoms with Crippen LogP contribution in [0.3, 0.4) is 0 Å². The van der Waals surface area contributed by atoms with E-state index in [1.165, 1.54) is 36.7 Å². The second kappa shape index (κ2) is 5.55. The molecule has 0 saturated carbocycles. The summed E-state index contributed by atoms with van der Waals surface area (Å²) in [6.45, 7) is 3.15. The first-order valence-corrected chi connectivity index (χ1v) is 6.64. The van der Waals surface area contributed by atoms with Crippen molar-refractivity contribution in [3.05, 3.63) is 32.6 Å². The van der Waals surface area contributed by atoms with Crippen LogP contribution in [0.15, 0.2) is 15.8 Å². The Balaban J connectivity index is 2.25. The number of hydrogen-bond donors (Lipinski definition) is 0. The summed E-state index contributed by atoms with van der Waals surface area (Å²) < 4.78 is 2.12. The van der Waals surface area contributed by atoms with Gasteiger partial charge in [-0.15, -0.1) is 0 Å². The van der Waals surface area contributed by atoms with Crippen molar-refractivity contribution in [2.45, 2.75) is 6.92 Å². The fourth-order valence-corrected chi connectivity index (χ4v) is 2.35. The monoisotopic (exact) mass is 294 g/mol. The van der Waals surface area contributed by atoms with Gasteiger partial charge in [-0.05, 0) is 0 Å². The van der Waals surface area contributed by atoms with E-state index in [4.69, 9.17) is 0 Å². The van der Waals surface area contributed by atoms with Crippen molar-refractivity contribution in [2.24, 2.45) is 14.1 Å². The van der Waals surface area contributed by atoms with E-state index in [2.05, 4.69) is 0 Å². The van der Waals surface area contributed by atoms with Crippen molar-refractivity contribution in [1.82, 2.24) is 18.9 Å². The van der Waals surface area contributed by atoms with Gasteiger partial charge in [0.15, 0.2) is 0 Å². The summed E-state index contributed by atoms with van der Waals surface area (Å²) in [7, 11) is 2.83. The van der Waals surface area contributed by atoms with E-state index < -0.39 is 17.2 Å². The van der Waals surface area contributed by atoms with Crippen molar-refractivity contribution in [2.75, 3.05) is 26.2 Å². The first kappa shape index (κ1) is 15.0. The molecule has 0 N–H and O–H groups in total. The quantitative estimate of drug-likeness (QED) is 0.623. The molecular formula is C13H18N4O4. The molecule has 21 heavy (non-hydrogen) atoms. The number of hydrogen-bond acceptors (Lipinski definition) is 4. The average Bonchev–Trinajstić information content (AvgIpc) is 2.48. The smallest absolute Gasteiger partial charge is 0.330 e. The topological polar surface area (TPSA) is 84.6 Å². The molecule has 0 aliphatic carbocycles. The molecule has 1 aromatic rings. The van der Waals surface area contributed by atoms with Gasteiger partial charge < -0.3 is 14.4 Å². The first-order valence-electron chi connectivity index (χ1n) is 6.64. The number of carbonyl (C=O) groups excluding carboxylic acids is 2. The summed E-state index contributed by atoms with van der Waals surface area (Å²) in [5.74, 6) is -0.436. The van der Waals surface area contributed by atoms with Crippen LogP contribution in [0, 0.1) is 0 Å². The Hall–Kier alpha value is -2.38. The molecule has 114 valence electrons. The van der Waals surface area contributed by atoms with E-state index in [0.29, 0.717) is 26.2 Å². The number of aromatic nitrogens is 2. The molecule has 1 fully saturated rings. The first-order chi connectivity index (χ1) is 9.82. The maximum atomic E-state index is 12.4. The molecule has 1 aromatic heterocycles. The van der Waals surface area contributed by atoms with E-state index in [-0.39, 0.29) is 11.5 Å². The van der Waals surface area contributed by atoms with Gasteiger partial charge in [0.25, 0.3) is 11.5 Å². The zero-order valence-electron chi connectivity index (χ0n) is 12.3. The van der Waals surface area contributed by atoms with Crippen LogP contribution in [-0.4, -0.2) is 56.9 Å². The van der Waals surface area contributed by atoms with Gasteiger partial charge in [0.05, 0.1) is 0 Å². The Bertz CT molecular complexity index is 695. The Labute approximate surface area is 121 Å². The highest BCUT2D eigenvalue weighted by Crippen LogP contribution is 2.05. The fourth-order valence-electron chi connectivity index (χ4n) is 2.35. The van der Waals surface area contributed by atoms with Gasteiger partial charge in [0, 0.05) is 53.4 Å². The summed E-state index contributed by atoms with van der Waals surface area (Å²) in [5, 5.41) is 0. The molecule has 0 radical (unpaired) electrons.